The average Bonchev–Trinajstić information content (AvgIpc) is 2.41. The molecule has 0 saturated carbocycles. The van der Waals surface area contributed by atoms with Gasteiger partial charge in [-0.05, 0) is 24.1 Å². The molecule has 0 aromatic carbocycles. The van der Waals surface area contributed by atoms with E-state index in [0.717, 1.165) is 0 Å². The van der Waals surface area contributed by atoms with Gasteiger partial charge >= 0.3 is 5.97 Å². The maximum Gasteiger partial charge on any atom is 0.326 e. The first-order valence-electron chi connectivity index (χ1n) is 5.88. The number of carbonyl (C=O) groups excluding carboxylic acids is 2. The number of nitrogens with one attached hydrogen (secondary N) is 1. The van der Waals surface area contributed by atoms with E-state index in [0.29, 0.717) is 5.56 Å². The number of nitrogens with two attached hydrogens (primary N) is 1. The van der Waals surface area contributed by atoms with Crippen LogP contribution in [-0.2, 0) is 14.4 Å². The van der Waals surface area contributed by atoms with Crippen molar-refractivity contribution in [3.63, 3.8) is 0 Å². The number of pyridine rings is 1. The number of carboxylic acids is 1. The maximum absolute atomic E-state index is 11.6. The van der Waals surface area contributed by atoms with Crippen molar-refractivity contribution >= 4 is 23.9 Å². The number of primary amides is 1. The molecule has 0 unspecified atom stereocenters. The van der Waals surface area contributed by atoms with Crippen LogP contribution in [-0.4, -0.2) is 33.9 Å². The van der Waals surface area contributed by atoms with E-state index in [4.69, 9.17) is 10.8 Å². The van der Waals surface area contributed by atoms with E-state index in [1.54, 1.807) is 24.5 Å². The van der Waals surface area contributed by atoms with Crippen LogP contribution in [0.2, 0.25) is 0 Å². The Labute approximate surface area is 115 Å². The third-order valence-electron chi connectivity index (χ3n) is 2.41. The molecule has 4 N–H and O–H groups in total. The number of carboxylic acid groups (broad SMARTS) is 1. The molecular formula is C13H15N3O4. The molecular weight excluding hydrogens is 262 g/mol. The molecule has 7 nitrogen and oxygen atoms in total. The number of nitrogens with zero attached hydrogens (tertiary/aromatic N) is 1. The molecule has 0 fully saturated rings. The van der Waals surface area contributed by atoms with E-state index in [1.807, 2.05) is 0 Å². The van der Waals surface area contributed by atoms with E-state index in [9.17, 15) is 14.4 Å². The number of rotatable bonds is 7. The fraction of sp³-hybridized carbons (Fsp3) is 0.231. The number of aliphatic carboxylic acids is 1. The van der Waals surface area contributed by atoms with Crippen LogP contribution in [0.25, 0.3) is 6.08 Å². The Hall–Kier alpha value is -2.70. The summed E-state index contributed by atoms with van der Waals surface area (Å²) in [6, 6.07) is 2.32. The summed E-state index contributed by atoms with van der Waals surface area (Å²) in [4.78, 5) is 37.0. The highest BCUT2D eigenvalue weighted by molar-refractivity contribution is 5.94. The second kappa shape index (κ2) is 7.67. The van der Waals surface area contributed by atoms with Gasteiger partial charge < -0.3 is 16.2 Å². The average molecular weight is 277 g/mol. The molecule has 0 saturated heterocycles. The first-order chi connectivity index (χ1) is 9.49. The van der Waals surface area contributed by atoms with Gasteiger partial charge in [-0.15, -0.1) is 0 Å². The molecule has 0 spiro atoms. The van der Waals surface area contributed by atoms with Gasteiger partial charge in [0.1, 0.15) is 6.04 Å². The Balaban J connectivity index is 2.56. The summed E-state index contributed by atoms with van der Waals surface area (Å²) in [6.07, 6.45) is 5.72. The zero-order chi connectivity index (χ0) is 15.0. The molecule has 7 heteroatoms. The molecule has 0 bridgehead atoms. The lowest BCUT2D eigenvalue weighted by atomic mass is 10.1. The van der Waals surface area contributed by atoms with Gasteiger partial charge in [-0.25, -0.2) is 4.79 Å². The number of amides is 2. The van der Waals surface area contributed by atoms with Crippen LogP contribution < -0.4 is 11.1 Å². The van der Waals surface area contributed by atoms with Crippen LogP contribution >= 0.6 is 0 Å². The topological polar surface area (TPSA) is 122 Å². The first-order valence-corrected chi connectivity index (χ1v) is 5.88. The third kappa shape index (κ3) is 5.76. The van der Waals surface area contributed by atoms with Gasteiger partial charge in [-0.3, -0.25) is 14.6 Å². The normalized spacial score (nSPS) is 12.0. The molecule has 0 aliphatic heterocycles. The lowest BCUT2D eigenvalue weighted by molar-refractivity contribution is -0.141. The quantitative estimate of drug-likeness (QED) is 0.602. The van der Waals surface area contributed by atoms with E-state index in [2.05, 4.69) is 10.3 Å². The van der Waals surface area contributed by atoms with Crippen molar-refractivity contribution in [3.05, 3.63) is 36.2 Å². The molecule has 1 rings (SSSR count). The first kappa shape index (κ1) is 15.4. The summed E-state index contributed by atoms with van der Waals surface area (Å²) in [5.74, 6) is -2.39. The molecule has 20 heavy (non-hydrogen) atoms. The molecule has 1 aromatic rings. The van der Waals surface area contributed by atoms with Crippen LogP contribution in [0.3, 0.4) is 0 Å². The molecule has 1 heterocycles. The van der Waals surface area contributed by atoms with Gasteiger partial charge in [0.25, 0.3) is 0 Å². The van der Waals surface area contributed by atoms with Gasteiger partial charge in [0, 0.05) is 24.9 Å². The van der Waals surface area contributed by atoms with Crippen molar-refractivity contribution in [2.24, 2.45) is 5.73 Å². The predicted octanol–water partition coefficient (Wildman–Crippen LogP) is -0.0703. The van der Waals surface area contributed by atoms with E-state index < -0.39 is 23.8 Å². The van der Waals surface area contributed by atoms with Crippen molar-refractivity contribution in [1.82, 2.24) is 10.3 Å². The summed E-state index contributed by atoms with van der Waals surface area (Å²) >= 11 is 0. The molecule has 0 radical (unpaired) electrons. The second-order valence-electron chi connectivity index (χ2n) is 4.02. The van der Waals surface area contributed by atoms with Gasteiger partial charge in [0.15, 0.2) is 0 Å². The van der Waals surface area contributed by atoms with Crippen LogP contribution in [0, 0.1) is 0 Å². The largest absolute Gasteiger partial charge is 0.480 e. The van der Waals surface area contributed by atoms with E-state index in [1.165, 1.54) is 12.2 Å². The lowest BCUT2D eigenvalue weighted by Crippen LogP contribution is -2.40. The SMILES string of the molecule is NC(=O)CC[C@H](NC(=O)/C=C/c1cccnc1)C(=O)O. The Morgan fingerprint density at radius 2 is 2.20 bits per heavy atom. The molecule has 2 amide bonds. The van der Waals surface area contributed by atoms with Gasteiger partial charge in [-0.2, -0.15) is 0 Å². The van der Waals surface area contributed by atoms with Crippen LogP contribution in [0.1, 0.15) is 18.4 Å². The van der Waals surface area contributed by atoms with E-state index in [-0.39, 0.29) is 12.8 Å². The fourth-order valence-electron chi connectivity index (χ4n) is 1.41. The van der Waals surface area contributed by atoms with Crippen molar-refractivity contribution in [3.8, 4) is 0 Å². The molecule has 0 aliphatic rings. The monoisotopic (exact) mass is 277 g/mol. The van der Waals surface area contributed by atoms with E-state index >= 15 is 0 Å². The maximum atomic E-state index is 11.6. The van der Waals surface area contributed by atoms with Crippen LogP contribution in [0.15, 0.2) is 30.6 Å². The Kier molecular flexibility index (Phi) is 5.89. The highest BCUT2D eigenvalue weighted by Gasteiger charge is 2.19. The minimum Gasteiger partial charge on any atom is -0.480 e. The van der Waals surface area contributed by atoms with Crippen molar-refractivity contribution in [2.75, 3.05) is 0 Å². The summed E-state index contributed by atoms with van der Waals surface area (Å²) in [6.45, 7) is 0. The summed E-state index contributed by atoms with van der Waals surface area (Å²) in [7, 11) is 0. The Morgan fingerprint density at radius 3 is 2.75 bits per heavy atom. The molecule has 0 aliphatic carbocycles. The number of aromatic nitrogens is 1. The minimum atomic E-state index is -1.21. The molecule has 1 atom stereocenters. The Bertz CT molecular complexity index is 514. The summed E-state index contributed by atoms with van der Waals surface area (Å²) < 4.78 is 0. The summed E-state index contributed by atoms with van der Waals surface area (Å²) in [5.41, 5.74) is 5.66. The van der Waals surface area contributed by atoms with Gasteiger partial charge in [0.05, 0.1) is 0 Å². The zero-order valence-electron chi connectivity index (χ0n) is 10.7. The van der Waals surface area contributed by atoms with Gasteiger partial charge in [-0.1, -0.05) is 6.07 Å². The van der Waals surface area contributed by atoms with Crippen molar-refractivity contribution in [1.29, 1.82) is 0 Å². The number of hydrogen-bond donors (Lipinski definition) is 3. The molecule has 1 aromatic heterocycles. The van der Waals surface area contributed by atoms with Crippen molar-refractivity contribution < 1.29 is 19.5 Å². The fourth-order valence-corrected chi connectivity index (χ4v) is 1.41. The minimum absolute atomic E-state index is 0.0445. The number of hydrogen-bond acceptors (Lipinski definition) is 4. The number of carbonyl (C=O) groups is 3. The zero-order valence-corrected chi connectivity index (χ0v) is 10.7. The highest BCUT2D eigenvalue weighted by Crippen LogP contribution is 2.00. The molecule has 106 valence electrons. The predicted molar refractivity (Wildman–Crippen MR) is 71.3 cm³/mol. The lowest BCUT2D eigenvalue weighted by Gasteiger charge is -2.11. The van der Waals surface area contributed by atoms with Crippen molar-refractivity contribution in [2.45, 2.75) is 18.9 Å². The van der Waals surface area contributed by atoms with Gasteiger partial charge in [0.2, 0.25) is 11.8 Å². The second-order valence-corrected chi connectivity index (χ2v) is 4.02. The summed E-state index contributed by atoms with van der Waals surface area (Å²) in [5, 5.41) is 11.2. The Morgan fingerprint density at radius 1 is 1.45 bits per heavy atom. The third-order valence-corrected chi connectivity index (χ3v) is 2.41. The smallest absolute Gasteiger partial charge is 0.326 e. The van der Waals surface area contributed by atoms with Crippen LogP contribution in [0.4, 0.5) is 0 Å². The van der Waals surface area contributed by atoms with Crippen LogP contribution in [0.5, 0.6) is 0 Å². The standard InChI is InChI=1S/C13H15N3O4/c14-11(17)5-4-10(13(19)20)16-12(18)6-3-9-2-1-7-15-8-9/h1-3,6-8,10H,4-5H2,(H2,14,17)(H,16,18)(H,19,20)/b6-3+/t10-/m0/s1. The highest BCUT2D eigenvalue weighted by atomic mass is 16.4.